The number of carbonyl (C=O) groups is 1. The van der Waals surface area contributed by atoms with E-state index in [1.807, 2.05) is 18.4 Å². The molecular weight excluding hydrogens is 448 g/mol. The highest BCUT2D eigenvalue weighted by atomic mass is 32.2. The number of alkyl halides is 2. The highest BCUT2D eigenvalue weighted by molar-refractivity contribution is 8.00. The number of ether oxygens (including phenoxy) is 1. The van der Waals surface area contributed by atoms with Crippen LogP contribution < -0.4 is 10.3 Å². The van der Waals surface area contributed by atoms with Gasteiger partial charge in [0.05, 0.1) is 16.2 Å². The first kappa shape index (κ1) is 22.7. The van der Waals surface area contributed by atoms with Crippen LogP contribution in [0.3, 0.4) is 0 Å². The first-order valence-corrected chi connectivity index (χ1v) is 11.1. The second kappa shape index (κ2) is 9.19. The third-order valence-electron chi connectivity index (χ3n) is 5.27. The molecule has 33 heavy (non-hydrogen) atoms. The highest BCUT2D eigenvalue weighted by Gasteiger charge is 2.23. The second-order valence-corrected chi connectivity index (χ2v) is 8.83. The van der Waals surface area contributed by atoms with Crippen LogP contribution in [0.15, 0.2) is 64.5 Å². The molecule has 4 aromatic rings. The Bertz CT molecular complexity index is 1380. The van der Waals surface area contributed by atoms with E-state index in [2.05, 4.69) is 14.7 Å². The Morgan fingerprint density at radius 2 is 1.82 bits per heavy atom. The molecule has 0 unspecified atom stereocenters. The van der Waals surface area contributed by atoms with Crippen molar-refractivity contribution in [3.05, 3.63) is 81.9 Å². The van der Waals surface area contributed by atoms with Crippen molar-refractivity contribution in [2.24, 2.45) is 0 Å². The monoisotopic (exact) mass is 469 g/mol. The molecule has 1 N–H and O–H groups in total. The van der Waals surface area contributed by atoms with E-state index in [0.29, 0.717) is 21.6 Å². The van der Waals surface area contributed by atoms with Gasteiger partial charge in [-0.05, 0) is 63.2 Å². The molecule has 2 heterocycles. The van der Waals surface area contributed by atoms with Crippen molar-refractivity contribution in [2.75, 3.05) is 0 Å². The highest BCUT2D eigenvalue weighted by Crippen LogP contribution is 2.28. The van der Waals surface area contributed by atoms with Gasteiger partial charge in [-0.25, -0.2) is 4.98 Å². The number of benzene rings is 2. The zero-order valence-electron chi connectivity index (χ0n) is 18.1. The van der Waals surface area contributed by atoms with Gasteiger partial charge in [0.1, 0.15) is 5.75 Å². The smallest absolute Gasteiger partial charge is 0.387 e. The van der Waals surface area contributed by atoms with Gasteiger partial charge in [0.2, 0.25) is 0 Å². The third-order valence-corrected chi connectivity index (χ3v) is 6.25. The van der Waals surface area contributed by atoms with Crippen molar-refractivity contribution in [3.8, 4) is 11.4 Å². The molecule has 0 spiro atoms. The van der Waals surface area contributed by atoms with Crippen molar-refractivity contribution >= 4 is 28.4 Å². The number of halogens is 2. The van der Waals surface area contributed by atoms with Gasteiger partial charge in [-0.15, -0.1) is 0 Å². The maximum atomic E-state index is 13.2. The van der Waals surface area contributed by atoms with Gasteiger partial charge < -0.3 is 14.3 Å². The summed E-state index contributed by atoms with van der Waals surface area (Å²) in [6.07, 6.45) is 0. The molecular formula is C24H21F2N3O3S. The average Bonchev–Trinajstić information content (AvgIpc) is 3.07. The summed E-state index contributed by atoms with van der Waals surface area (Å²) in [4.78, 5) is 32.7. The van der Waals surface area contributed by atoms with Crippen molar-refractivity contribution in [3.63, 3.8) is 0 Å². The second-order valence-electron chi connectivity index (χ2n) is 7.51. The summed E-state index contributed by atoms with van der Waals surface area (Å²) in [5, 5.41) is 0.377. The van der Waals surface area contributed by atoms with E-state index < -0.39 is 11.9 Å². The molecule has 6 nitrogen and oxygen atoms in total. The minimum absolute atomic E-state index is 0.0643. The number of aromatic nitrogens is 3. The Kier molecular flexibility index (Phi) is 6.33. The number of nitrogens with one attached hydrogen (secondary N) is 1. The molecule has 0 aliphatic carbocycles. The predicted octanol–water partition coefficient (Wildman–Crippen LogP) is 5.30. The summed E-state index contributed by atoms with van der Waals surface area (Å²) in [7, 11) is 0. The van der Waals surface area contributed by atoms with Gasteiger partial charge in [0.25, 0.3) is 5.56 Å². The predicted molar refractivity (Wildman–Crippen MR) is 124 cm³/mol. The SMILES string of the molecule is Cc1cc(C(=O)[C@@H](C)Sc2nc3ccccc3c(=O)[nH]2)c(C)n1-c1ccc(OC(F)F)cc1. The number of thioether (sulfide) groups is 1. The molecule has 0 aliphatic heterocycles. The zero-order valence-corrected chi connectivity index (χ0v) is 19.0. The number of aryl methyl sites for hydroxylation is 1. The average molecular weight is 470 g/mol. The Morgan fingerprint density at radius 3 is 2.52 bits per heavy atom. The molecule has 0 saturated heterocycles. The minimum atomic E-state index is -2.89. The van der Waals surface area contributed by atoms with Crippen LogP contribution in [0.5, 0.6) is 5.75 Å². The molecule has 0 fully saturated rings. The fourth-order valence-corrected chi connectivity index (χ4v) is 4.62. The standard InChI is InChI=1S/C24H21F2N3O3S/c1-13-12-19(14(2)29(13)16-8-10-17(11-9-16)32-23(25)26)21(30)15(3)33-24-27-20-7-5-4-6-18(20)22(31)28-24/h4-12,15,23H,1-3H3,(H,27,28,31)/t15-/m1/s1. The van der Waals surface area contributed by atoms with E-state index in [-0.39, 0.29) is 17.1 Å². The van der Waals surface area contributed by atoms with Crippen LogP contribution >= 0.6 is 11.8 Å². The number of Topliss-reactive ketones (excluding diaryl/α,β-unsaturated/α-hetero) is 1. The van der Waals surface area contributed by atoms with E-state index in [4.69, 9.17) is 0 Å². The summed E-state index contributed by atoms with van der Waals surface area (Å²) in [6, 6.07) is 15.1. The number of hydrogen-bond donors (Lipinski definition) is 1. The molecule has 9 heteroatoms. The number of carbonyl (C=O) groups excluding carboxylic acids is 1. The van der Waals surface area contributed by atoms with Gasteiger partial charge in [-0.1, -0.05) is 23.9 Å². The number of fused-ring (bicyclic) bond motifs is 1. The van der Waals surface area contributed by atoms with Crippen LogP contribution in [0.4, 0.5) is 8.78 Å². The summed E-state index contributed by atoms with van der Waals surface area (Å²) in [6.45, 7) is 2.58. The Morgan fingerprint density at radius 1 is 1.12 bits per heavy atom. The first-order valence-electron chi connectivity index (χ1n) is 10.2. The molecule has 170 valence electrons. The number of hydrogen-bond acceptors (Lipinski definition) is 5. The Hall–Kier alpha value is -3.46. The van der Waals surface area contributed by atoms with Crippen molar-refractivity contribution in [2.45, 2.75) is 37.8 Å². The van der Waals surface area contributed by atoms with Crippen molar-refractivity contribution in [1.82, 2.24) is 14.5 Å². The lowest BCUT2D eigenvalue weighted by molar-refractivity contribution is -0.0498. The van der Waals surface area contributed by atoms with Crippen LogP contribution in [0, 0.1) is 13.8 Å². The van der Waals surface area contributed by atoms with Gasteiger partial charge >= 0.3 is 6.61 Å². The lowest BCUT2D eigenvalue weighted by Crippen LogP contribution is -2.17. The van der Waals surface area contributed by atoms with Crippen LogP contribution in [0.2, 0.25) is 0 Å². The zero-order chi connectivity index (χ0) is 23.7. The third kappa shape index (κ3) is 4.68. The Balaban J connectivity index is 1.58. The molecule has 2 aromatic heterocycles. The van der Waals surface area contributed by atoms with Crippen LogP contribution in [-0.2, 0) is 0 Å². The van der Waals surface area contributed by atoms with E-state index in [1.54, 1.807) is 49.4 Å². The molecule has 0 bridgehead atoms. The topological polar surface area (TPSA) is 77.0 Å². The molecule has 0 radical (unpaired) electrons. The summed E-state index contributed by atoms with van der Waals surface area (Å²) in [5.41, 5.74) is 3.15. The van der Waals surface area contributed by atoms with Crippen LogP contribution in [0.25, 0.3) is 16.6 Å². The van der Waals surface area contributed by atoms with Gasteiger partial charge in [0, 0.05) is 22.6 Å². The first-order chi connectivity index (χ1) is 15.7. The number of aromatic amines is 1. The van der Waals surface area contributed by atoms with E-state index in [9.17, 15) is 18.4 Å². The maximum absolute atomic E-state index is 13.2. The molecule has 4 rings (SSSR count). The van der Waals surface area contributed by atoms with Crippen molar-refractivity contribution < 1.29 is 18.3 Å². The number of rotatable bonds is 7. The number of nitrogens with zero attached hydrogens (tertiary/aromatic N) is 2. The van der Waals surface area contributed by atoms with Crippen LogP contribution in [0.1, 0.15) is 28.7 Å². The van der Waals surface area contributed by atoms with Crippen LogP contribution in [-0.4, -0.2) is 32.2 Å². The quantitative estimate of drug-likeness (QED) is 0.226. The minimum Gasteiger partial charge on any atom is -0.435 e. The van der Waals surface area contributed by atoms with Gasteiger partial charge in [-0.2, -0.15) is 8.78 Å². The molecule has 1 atom stereocenters. The fraction of sp³-hybridized carbons (Fsp3) is 0.208. The summed E-state index contributed by atoms with van der Waals surface area (Å²) >= 11 is 1.19. The van der Waals surface area contributed by atoms with E-state index in [1.165, 1.54) is 23.9 Å². The fourth-order valence-electron chi connectivity index (χ4n) is 3.75. The summed E-state index contributed by atoms with van der Waals surface area (Å²) < 4.78 is 31.1. The summed E-state index contributed by atoms with van der Waals surface area (Å²) in [5.74, 6) is -0.0396. The maximum Gasteiger partial charge on any atom is 0.387 e. The lowest BCUT2D eigenvalue weighted by Gasteiger charge is -2.13. The lowest BCUT2D eigenvalue weighted by atomic mass is 10.1. The normalized spacial score (nSPS) is 12.3. The molecule has 0 aliphatic rings. The van der Waals surface area contributed by atoms with E-state index >= 15 is 0 Å². The largest absolute Gasteiger partial charge is 0.435 e. The number of H-pyrrole nitrogens is 1. The van der Waals surface area contributed by atoms with E-state index in [0.717, 1.165) is 17.1 Å². The number of ketones is 1. The molecule has 0 amide bonds. The van der Waals surface area contributed by atoms with Crippen molar-refractivity contribution in [1.29, 1.82) is 0 Å². The van der Waals surface area contributed by atoms with Gasteiger partial charge in [0.15, 0.2) is 10.9 Å². The number of para-hydroxylation sites is 1. The van der Waals surface area contributed by atoms with Gasteiger partial charge in [-0.3, -0.25) is 9.59 Å². The Labute approximate surface area is 192 Å². The molecule has 2 aromatic carbocycles. The molecule has 0 saturated carbocycles.